The number of ether oxygens (including phenoxy) is 1. The van der Waals surface area contributed by atoms with Crippen LogP contribution in [0.2, 0.25) is 0 Å². The lowest BCUT2D eigenvalue weighted by Gasteiger charge is -2.39. The molecule has 0 aliphatic carbocycles. The van der Waals surface area contributed by atoms with Crippen LogP contribution >= 0.6 is 0 Å². The summed E-state index contributed by atoms with van der Waals surface area (Å²) in [6.45, 7) is 3.00. The molecule has 6 heterocycles. The molecule has 4 aliphatic heterocycles. The highest BCUT2D eigenvalue weighted by molar-refractivity contribution is 6.08. The molecule has 3 N–H and O–H groups in total. The van der Waals surface area contributed by atoms with E-state index in [1.54, 1.807) is 12.3 Å². The predicted molar refractivity (Wildman–Crippen MR) is 165 cm³/mol. The van der Waals surface area contributed by atoms with E-state index in [1.807, 2.05) is 35.2 Å². The van der Waals surface area contributed by atoms with Gasteiger partial charge in [-0.05, 0) is 68.0 Å². The van der Waals surface area contributed by atoms with Crippen molar-refractivity contribution in [3.8, 4) is 17.3 Å². The Labute approximate surface area is 258 Å². The largest absolute Gasteiger partial charge is 0.461 e. The fourth-order valence-corrected chi connectivity index (χ4v) is 7.97. The van der Waals surface area contributed by atoms with E-state index in [2.05, 4.69) is 25.5 Å². The highest BCUT2D eigenvalue weighted by Gasteiger charge is 2.49. The first kappa shape index (κ1) is 28.1. The van der Waals surface area contributed by atoms with Gasteiger partial charge in [-0.3, -0.25) is 20.0 Å². The Kier molecular flexibility index (Phi) is 6.61. The maximum atomic E-state index is 16.8. The van der Waals surface area contributed by atoms with Crippen LogP contribution in [0.25, 0.3) is 32.9 Å². The number of amides is 3. The minimum absolute atomic E-state index is 0.0604. The lowest BCUT2D eigenvalue weighted by molar-refractivity contribution is -0.124. The van der Waals surface area contributed by atoms with Crippen LogP contribution in [0.4, 0.5) is 15.0 Å². The number of fused-ring (bicyclic) bond motifs is 3. The molecule has 12 heteroatoms. The smallest absolute Gasteiger partial charge is 0.322 e. The van der Waals surface area contributed by atoms with Gasteiger partial charge in [-0.25, -0.2) is 9.18 Å². The van der Waals surface area contributed by atoms with Crippen molar-refractivity contribution < 1.29 is 23.8 Å². The van der Waals surface area contributed by atoms with Gasteiger partial charge in [-0.2, -0.15) is 9.97 Å². The molecule has 4 aromatic rings. The lowest BCUT2D eigenvalue weighted by atomic mass is 9.89. The first-order valence-corrected chi connectivity index (χ1v) is 15.6. The van der Waals surface area contributed by atoms with Gasteiger partial charge in [-0.15, -0.1) is 0 Å². The highest BCUT2D eigenvalue weighted by atomic mass is 19.1. The van der Waals surface area contributed by atoms with Crippen molar-refractivity contribution in [2.75, 3.05) is 37.7 Å². The maximum absolute atomic E-state index is 16.8. The number of pyridine rings is 1. The summed E-state index contributed by atoms with van der Waals surface area (Å²) in [7, 11) is 0. The quantitative estimate of drug-likeness (QED) is 0.280. The number of anilines is 1. The third kappa shape index (κ3) is 4.49. The number of carbonyl (C=O) groups is 2. The van der Waals surface area contributed by atoms with Crippen molar-refractivity contribution in [2.45, 2.75) is 56.2 Å². The molecule has 0 bridgehead atoms. The number of rotatable bonds is 6. The van der Waals surface area contributed by atoms with Gasteiger partial charge in [0, 0.05) is 18.3 Å². The molecule has 3 amide bonds. The number of hydrogen-bond donors (Lipinski definition) is 3. The standard InChI is InChI=1S/C33H34FN7O4/c34-25-26(22-9-2-7-20-6-1-8-21(17-42)24(20)22)35-16-23-27(25)36-31(45-19-32-10-3-14-41(32)15-4-11-32)37-28(23)40-13-5-12-33(18-40)29(43)38-30(44)39-33/h1-2,6-9,16,42H,3-5,10-15,17-19H2,(H2,38,39,43,44). The van der Waals surface area contributed by atoms with Crippen LogP contribution in [-0.2, 0) is 11.4 Å². The first-order chi connectivity index (χ1) is 21.9. The van der Waals surface area contributed by atoms with Gasteiger partial charge in [0.15, 0.2) is 5.82 Å². The fraction of sp³-hybridized carbons (Fsp3) is 0.424. The van der Waals surface area contributed by atoms with Gasteiger partial charge in [0.1, 0.15) is 29.2 Å². The lowest BCUT2D eigenvalue weighted by Crippen LogP contribution is -2.58. The van der Waals surface area contributed by atoms with Crippen molar-refractivity contribution in [1.82, 2.24) is 30.5 Å². The van der Waals surface area contributed by atoms with Crippen LogP contribution in [-0.4, -0.2) is 80.8 Å². The molecular weight excluding hydrogens is 577 g/mol. The molecule has 4 aliphatic rings. The normalized spacial score (nSPS) is 22.8. The first-order valence-electron chi connectivity index (χ1n) is 15.6. The number of urea groups is 1. The van der Waals surface area contributed by atoms with Crippen molar-refractivity contribution in [2.24, 2.45) is 0 Å². The Hall–Kier alpha value is -4.42. The van der Waals surface area contributed by atoms with Crippen molar-refractivity contribution in [3.05, 3.63) is 54.0 Å². The summed E-state index contributed by atoms with van der Waals surface area (Å²) >= 11 is 0. The molecule has 2 aromatic carbocycles. The van der Waals surface area contributed by atoms with Crippen molar-refractivity contribution >= 4 is 39.4 Å². The molecule has 11 nitrogen and oxygen atoms in total. The van der Waals surface area contributed by atoms with E-state index >= 15 is 4.39 Å². The van der Waals surface area contributed by atoms with E-state index in [4.69, 9.17) is 9.72 Å². The van der Waals surface area contributed by atoms with Crippen LogP contribution in [0.1, 0.15) is 44.1 Å². The number of nitrogens with zero attached hydrogens (tertiary/aromatic N) is 5. The predicted octanol–water partition coefficient (Wildman–Crippen LogP) is 3.66. The van der Waals surface area contributed by atoms with E-state index in [9.17, 15) is 14.7 Å². The average molecular weight is 612 g/mol. The zero-order valence-corrected chi connectivity index (χ0v) is 24.8. The summed E-state index contributed by atoms with van der Waals surface area (Å²) < 4.78 is 23.1. The number of piperidine rings is 1. The summed E-state index contributed by atoms with van der Waals surface area (Å²) in [5, 5.41) is 17.2. The van der Waals surface area contributed by atoms with Gasteiger partial charge >= 0.3 is 12.0 Å². The SMILES string of the molecule is O=C1NC(=O)C2(CCCN(c3nc(OCC45CCCN4CCC5)nc4c(F)c(-c5cccc6cccc(CO)c56)ncc34)C2)N1. The topological polar surface area (TPSA) is 133 Å². The van der Waals surface area contributed by atoms with E-state index in [1.165, 1.54) is 0 Å². The van der Waals surface area contributed by atoms with Gasteiger partial charge in [0.25, 0.3) is 5.91 Å². The molecule has 8 rings (SSSR count). The Morgan fingerprint density at radius 1 is 1.00 bits per heavy atom. The number of nitrogens with one attached hydrogen (secondary N) is 2. The summed E-state index contributed by atoms with van der Waals surface area (Å²) in [6, 6.07) is 10.7. The number of benzene rings is 2. The molecule has 0 radical (unpaired) electrons. The van der Waals surface area contributed by atoms with Gasteiger partial charge in [-0.1, -0.05) is 36.4 Å². The van der Waals surface area contributed by atoms with Crippen LogP contribution in [0, 0.1) is 5.82 Å². The summed E-state index contributed by atoms with van der Waals surface area (Å²) in [5.41, 5.74) is 0.225. The zero-order valence-electron chi connectivity index (χ0n) is 24.8. The number of aliphatic hydroxyl groups excluding tert-OH is 1. The number of aliphatic hydroxyl groups is 1. The van der Waals surface area contributed by atoms with Crippen LogP contribution in [0.3, 0.4) is 0 Å². The molecule has 4 saturated heterocycles. The Morgan fingerprint density at radius 2 is 1.78 bits per heavy atom. The van der Waals surface area contributed by atoms with E-state index in [0.29, 0.717) is 48.3 Å². The third-order valence-electron chi connectivity index (χ3n) is 10.1. The third-order valence-corrected chi connectivity index (χ3v) is 10.1. The molecular formula is C33H34FN7O4. The molecule has 4 fully saturated rings. The second-order valence-electron chi connectivity index (χ2n) is 12.7. The summed E-state index contributed by atoms with van der Waals surface area (Å²) in [5.74, 6) is -0.598. The molecule has 1 unspecified atom stereocenters. The number of imide groups is 1. The second-order valence-corrected chi connectivity index (χ2v) is 12.7. The zero-order chi connectivity index (χ0) is 30.8. The van der Waals surface area contributed by atoms with Crippen LogP contribution in [0.5, 0.6) is 6.01 Å². The van der Waals surface area contributed by atoms with Gasteiger partial charge in [0.2, 0.25) is 0 Å². The number of hydrogen-bond acceptors (Lipinski definition) is 9. The van der Waals surface area contributed by atoms with Crippen molar-refractivity contribution in [3.63, 3.8) is 0 Å². The Balaban J connectivity index is 1.26. The number of aromatic nitrogens is 3. The molecule has 2 aromatic heterocycles. The monoisotopic (exact) mass is 611 g/mol. The number of carbonyl (C=O) groups excluding carboxylic acids is 2. The van der Waals surface area contributed by atoms with E-state index in [-0.39, 0.29) is 41.8 Å². The summed E-state index contributed by atoms with van der Waals surface area (Å²) in [4.78, 5) is 43.4. The molecule has 45 heavy (non-hydrogen) atoms. The second kappa shape index (κ2) is 10.6. The summed E-state index contributed by atoms with van der Waals surface area (Å²) in [6.07, 6.45) is 6.96. The minimum atomic E-state index is -1.10. The molecule has 232 valence electrons. The van der Waals surface area contributed by atoms with Gasteiger partial charge in [0.05, 0.1) is 24.1 Å². The molecule has 1 atom stereocenters. The van der Waals surface area contributed by atoms with E-state index < -0.39 is 17.4 Å². The molecule has 0 saturated carbocycles. The number of halogens is 1. The van der Waals surface area contributed by atoms with Gasteiger partial charge < -0.3 is 20.1 Å². The van der Waals surface area contributed by atoms with Crippen LogP contribution < -0.4 is 20.3 Å². The molecule has 1 spiro atoms. The van der Waals surface area contributed by atoms with E-state index in [0.717, 1.165) is 49.5 Å². The fourth-order valence-electron chi connectivity index (χ4n) is 7.97. The Morgan fingerprint density at radius 3 is 2.53 bits per heavy atom. The average Bonchev–Trinajstić information content (AvgIpc) is 3.71. The maximum Gasteiger partial charge on any atom is 0.322 e. The van der Waals surface area contributed by atoms with Crippen LogP contribution in [0.15, 0.2) is 42.6 Å². The van der Waals surface area contributed by atoms with Crippen molar-refractivity contribution in [1.29, 1.82) is 0 Å². The Bertz CT molecular complexity index is 1850. The minimum Gasteiger partial charge on any atom is -0.461 e. The highest BCUT2D eigenvalue weighted by Crippen LogP contribution is 2.40.